The minimum atomic E-state index is -4.07. The normalized spacial score (nSPS) is 11.0. The molecule has 0 unspecified atom stereocenters. The van der Waals surface area contributed by atoms with Crippen LogP contribution in [0.1, 0.15) is 32.9 Å². The smallest absolute Gasteiger partial charge is 0.357 e. The number of aliphatic hydroxyl groups is 1. The Labute approximate surface area is 159 Å². The van der Waals surface area contributed by atoms with Gasteiger partial charge in [-0.1, -0.05) is 23.2 Å². The molecule has 11 heteroatoms. The molecule has 0 aliphatic heterocycles. The van der Waals surface area contributed by atoms with Crippen LogP contribution >= 0.6 is 23.2 Å². The average molecular weight is 416 g/mol. The maximum absolute atomic E-state index is 12.2. The highest BCUT2D eigenvalue weighted by atomic mass is 35.5. The third kappa shape index (κ3) is 4.89. The largest absolute Gasteiger partial charge is 0.390 e. The summed E-state index contributed by atoms with van der Waals surface area (Å²) in [5.74, 6) is -1.20. The van der Waals surface area contributed by atoms with Crippen LogP contribution in [-0.2, 0) is 27.3 Å². The number of aliphatic hydroxyl groups excluding tert-OH is 1. The van der Waals surface area contributed by atoms with Crippen molar-refractivity contribution >= 4 is 39.3 Å². The van der Waals surface area contributed by atoms with Gasteiger partial charge in [-0.2, -0.15) is 13.7 Å². The van der Waals surface area contributed by atoms with Crippen LogP contribution in [0.2, 0.25) is 10.3 Å². The van der Waals surface area contributed by atoms with E-state index in [9.17, 15) is 18.3 Å². The van der Waals surface area contributed by atoms with Gasteiger partial charge in [-0.05, 0) is 23.8 Å². The van der Waals surface area contributed by atoms with Crippen molar-refractivity contribution in [3.8, 4) is 6.07 Å². The molecular weight excluding hydrogens is 405 g/mol. The van der Waals surface area contributed by atoms with E-state index >= 15 is 0 Å². The highest BCUT2D eigenvalue weighted by Crippen LogP contribution is 2.24. The number of hydrogen-bond donors (Lipinski definition) is 1. The van der Waals surface area contributed by atoms with E-state index < -0.39 is 22.7 Å². The van der Waals surface area contributed by atoms with E-state index in [2.05, 4.69) is 14.2 Å². The summed E-state index contributed by atoms with van der Waals surface area (Å²) in [4.78, 5) is 20.0. The Hall–Kier alpha value is -2.25. The number of carbonyl (C=O) groups excluding carboxylic acids is 1. The summed E-state index contributed by atoms with van der Waals surface area (Å²) in [5.41, 5.74) is 0.692. The first-order valence-electron chi connectivity index (χ1n) is 6.93. The molecule has 0 saturated heterocycles. The Morgan fingerprint density at radius 1 is 1.27 bits per heavy atom. The predicted octanol–water partition coefficient (Wildman–Crippen LogP) is 1.85. The van der Waals surface area contributed by atoms with Crippen molar-refractivity contribution < 1.29 is 22.5 Å². The number of hydrogen-bond acceptors (Lipinski definition) is 8. The Morgan fingerprint density at radius 3 is 2.46 bits per heavy atom. The molecule has 2 aromatic heterocycles. The Balaban J connectivity index is 2.52. The molecule has 26 heavy (non-hydrogen) atoms. The number of nitriles is 1. The lowest BCUT2D eigenvalue weighted by Gasteiger charge is -2.12. The van der Waals surface area contributed by atoms with Crippen molar-refractivity contribution in [2.24, 2.45) is 0 Å². The van der Waals surface area contributed by atoms with Crippen molar-refractivity contribution in [1.29, 1.82) is 5.26 Å². The molecule has 0 bridgehead atoms. The first-order chi connectivity index (χ1) is 12.1. The van der Waals surface area contributed by atoms with Gasteiger partial charge in [-0.25, -0.2) is 14.8 Å². The maximum Gasteiger partial charge on any atom is 0.357 e. The van der Waals surface area contributed by atoms with Crippen molar-refractivity contribution in [2.75, 3.05) is 6.26 Å². The monoisotopic (exact) mass is 415 g/mol. The zero-order valence-corrected chi connectivity index (χ0v) is 15.6. The van der Waals surface area contributed by atoms with Crippen LogP contribution in [0.3, 0.4) is 0 Å². The number of halogens is 2. The lowest BCUT2D eigenvalue weighted by molar-refractivity contribution is 0.0747. The molecule has 0 atom stereocenters. The quantitative estimate of drug-likeness (QED) is 0.577. The molecule has 0 aromatic carbocycles. The Bertz CT molecular complexity index is 1020. The Morgan fingerprint density at radius 2 is 1.92 bits per heavy atom. The van der Waals surface area contributed by atoms with Gasteiger partial charge in [0.15, 0.2) is 0 Å². The topological polar surface area (TPSA) is 130 Å². The minimum Gasteiger partial charge on any atom is -0.390 e. The summed E-state index contributed by atoms with van der Waals surface area (Å²) in [6.45, 7) is -0.449. The summed E-state index contributed by atoms with van der Waals surface area (Å²) in [6, 6.07) is 6.21. The molecule has 2 heterocycles. The SMILES string of the molecule is CS(=O)(=O)OC(=O)c1c(Cc2ccc(C#N)c(Cl)n2)cc(CO)nc1Cl. The summed E-state index contributed by atoms with van der Waals surface area (Å²) < 4.78 is 26.8. The molecule has 0 fully saturated rings. The van der Waals surface area contributed by atoms with Crippen LogP contribution in [0.15, 0.2) is 18.2 Å². The molecule has 0 aliphatic rings. The van der Waals surface area contributed by atoms with Crippen molar-refractivity contribution in [1.82, 2.24) is 9.97 Å². The van der Waals surface area contributed by atoms with E-state index in [1.165, 1.54) is 18.2 Å². The Kier molecular flexibility index (Phi) is 6.15. The number of rotatable bonds is 5. The van der Waals surface area contributed by atoms with E-state index in [-0.39, 0.29) is 39.1 Å². The number of carbonyl (C=O) groups is 1. The van der Waals surface area contributed by atoms with Gasteiger partial charge in [0.05, 0.1) is 24.1 Å². The molecular formula is C15H11Cl2N3O5S. The maximum atomic E-state index is 12.2. The van der Waals surface area contributed by atoms with E-state index in [0.29, 0.717) is 5.69 Å². The molecule has 1 N–H and O–H groups in total. The average Bonchev–Trinajstić information content (AvgIpc) is 2.52. The zero-order chi connectivity index (χ0) is 19.5. The highest BCUT2D eigenvalue weighted by molar-refractivity contribution is 7.86. The van der Waals surface area contributed by atoms with Gasteiger partial charge in [0.1, 0.15) is 21.9 Å². The number of pyridine rings is 2. The summed E-state index contributed by atoms with van der Waals surface area (Å²) >= 11 is 11.9. The van der Waals surface area contributed by atoms with E-state index in [0.717, 1.165) is 6.26 Å². The van der Waals surface area contributed by atoms with Crippen LogP contribution in [-0.4, -0.2) is 35.7 Å². The second-order valence-electron chi connectivity index (χ2n) is 5.10. The van der Waals surface area contributed by atoms with E-state index in [1.807, 2.05) is 6.07 Å². The lowest BCUT2D eigenvalue weighted by atomic mass is 10.0. The highest BCUT2D eigenvalue weighted by Gasteiger charge is 2.23. The number of nitrogens with zero attached hydrogens (tertiary/aromatic N) is 3. The molecule has 136 valence electrons. The molecule has 0 saturated carbocycles. The fraction of sp³-hybridized carbons (Fsp3) is 0.200. The summed E-state index contributed by atoms with van der Waals surface area (Å²) in [7, 11) is -4.07. The van der Waals surface area contributed by atoms with Gasteiger partial charge < -0.3 is 9.29 Å². The zero-order valence-electron chi connectivity index (χ0n) is 13.2. The van der Waals surface area contributed by atoms with E-state index in [1.54, 1.807) is 0 Å². The van der Waals surface area contributed by atoms with E-state index in [4.69, 9.17) is 28.5 Å². The van der Waals surface area contributed by atoms with Gasteiger partial charge in [0.2, 0.25) is 0 Å². The van der Waals surface area contributed by atoms with Crippen LogP contribution in [0.5, 0.6) is 0 Å². The summed E-state index contributed by atoms with van der Waals surface area (Å²) in [5, 5.41) is 17.8. The molecule has 0 spiro atoms. The van der Waals surface area contributed by atoms with Gasteiger partial charge in [0.25, 0.3) is 0 Å². The van der Waals surface area contributed by atoms with Crippen molar-refractivity contribution in [2.45, 2.75) is 13.0 Å². The molecule has 0 radical (unpaired) electrons. The molecule has 8 nitrogen and oxygen atoms in total. The third-order valence-corrected chi connectivity index (χ3v) is 4.12. The first kappa shape index (κ1) is 20.1. The first-order valence-corrected chi connectivity index (χ1v) is 9.50. The van der Waals surface area contributed by atoms with Crippen LogP contribution < -0.4 is 0 Å². The van der Waals surface area contributed by atoms with Gasteiger partial charge in [0, 0.05) is 12.1 Å². The molecule has 2 rings (SSSR count). The van der Waals surface area contributed by atoms with Crippen LogP contribution in [0.4, 0.5) is 0 Å². The fourth-order valence-corrected chi connectivity index (χ4v) is 2.96. The van der Waals surface area contributed by atoms with Gasteiger partial charge in [-0.15, -0.1) is 0 Å². The van der Waals surface area contributed by atoms with Crippen LogP contribution in [0.25, 0.3) is 0 Å². The van der Waals surface area contributed by atoms with Crippen molar-refractivity contribution in [3.63, 3.8) is 0 Å². The fourth-order valence-electron chi connectivity index (χ4n) is 2.08. The molecule has 0 aliphatic carbocycles. The lowest BCUT2D eigenvalue weighted by Crippen LogP contribution is -2.16. The molecule has 0 amide bonds. The second-order valence-corrected chi connectivity index (χ2v) is 7.39. The summed E-state index contributed by atoms with van der Waals surface area (Å²) in [6.07, 6.45) is 0.727. The predicted molar refractivity (Wildman–Crippen MR) is 92.2 cm³/mol. The third-order valence-electron chi connectivity index (χ3n) is 3.10. The standard InChI is InChI=1S/C15H11Cl2N3O5S/c1-26(23,24)25-15(22)12-9(5-11(7-21)20-14(12)17)4-10-3-2-8(6-18)13(16)19-10/h2-3,5,21H,4,7H2,1H3. The van der Waals surface area contributed by atoms with Crippen LogP contribution in [0, 0.1) is 11.3 Å². The van der Waals surface area contributed by atoms with Crippen molar-refractivity contribution in [3.05, 3.63) is 56.6 Å². The van der Waals surface area contributed by atoms with Gasteiger partial charge in [-0.3, -0.25) is 0 Å². The van der Waals surface area contributed by atoms with Gasteiger partial charge >= 0.3 is 16.1 Å². The number of aromatic nitrogens is 2. The second kappa shape index (κ2) is 7.97. The molecule has 2 aromatic rings. The minimum absolute atomic E-state index is 0.00879.